The summed E-state index contributed by atoms with van der Waals surface area (Å²) in [6, 6.07) is 8.57. The Labute approximate surface area is 194 Å². The lowest BCUT2D eigenvalue weighted by Crippen LogP contribution is -2.41. The van der Waals surface area contributed by atoms with Gasteiger partial charge < -0.3 is 24.3 Å². The van der Waals surface area contributed by atoms with Gasteiger partial charge in [0.25, 0.3) is 0 Å². The topological polar surface area (TPSA) is 100 Å². The molecule has 0 aliphatic carbocycles. The minimum Gasteiger partial charge on any atom is -0.469 e. The number of alkyl carbamates (subject to hydrolysis) is 1. The van der Waals surface area contributed by atoms with Gasteiger partial charge in [-0.2, -0.15) is 12.6 Å². The Kier molecular flexibility index (Phi) is 12.2. The van der Waals surface area contributed by atoms with Crippen molar-refractivity contribution < 1.29 is 33.3 Å². The van der Waals surface area contributed by atoms with Gasteiger partial charge >= 0.3 is 12.1 Å². The van der Waals surface area contributed by atoms with Gasteiger partial charge in [-0.3, -0.25) is 9.59 Å². The van der Waals surface area contributed by atoms with Gasteiger partial charge in [0.1, 0.15) is 6.61 Å². The van der Waals surface area contributed by atoms with Crippen LogP contribution in [-0.2, 0) is 35.1 Å². The van der Waals surface area contributed by atoms with Crippen molar-refractivity contribution in [2.45, 2.75) is 57.5 Å². The highest BCUT2D eigenvalue weighted by atomic mass is 32.1. The Hall–Kier alpha value is -2.10. The zero-order valence-corrected chi connectivity index (χ0v) is 19.4. The number of ether oxygens (including phenoxy) is 4. The average Bonchev–Trinajstić information content (AvgIpc) is 3.33. The molecule has 8 nitrogen and oxygen atoms in total. The molecule has 1 fully saturated rings. The number of carbonyl (C=O) groups is 3. The van der Waals surface area contributed by atoms with Crippen LogP contribution in [0.15, 0.2) is 30.3 Å². The van der Waals surface area contributed by atoms with Gasteiger partial charge in [0.05, 0.1) is 32.3 Å². The van der Waals surface area contributed by atoms with Crippen LogP contribution in [0.25, 0.3) is 0 Å². The molecular weight excluding hydrogens is 434 g/mol. The number of thiol groups is 1. The van der Waals surface area contributed by atoms with Crippen LogP contribution < -0.4 is 5.32 Å². The number of methoxy groups -OCH3 is 1. The van der Waals surface area contributed by atoms with Crippen LogP contribution in [-0.4, -0.2) is 56.3 Å². The summed E-state index contributed by atoms with van der Waals surface area (Å²) < 4.78 is 20.9. The van der Waals surface area contributed by atoms with Crippen molar-refractivity contribution in [3.8, 4) is 0 Å². The smallest absolute Gasteiger partial charge is 0.408 e. The molecular formula is C23H33NO7S. The summed E-state index contributed by atoms with van der Waals surface area (Å²) in [7, 11) is 1.34. The number of carbonyl (C=O) groups excluding carboxylic acids is 3. The predicted octanol–water partition coefficient (Wildman–Crippen LogP) is 3.28. The van der Waals surface area contributed by atoms with Crippen LogP contribution in [0.2, 0.25) is 0 Å². The van der Waals surface area contributed by atoms with Crippen LogP contribution in [0.3, 0.4) is 0 Å². The van der Waals surface area contributed by atoms with Crippen molar-refractivity contribution in [2.24, 2.45) is 5.92 Å². The molecule has 2 atom stereocenters. The fourth-order valence-corrected chi connectivity index (χ4v) is 3.75. The number of esters is 1. The molecule has 1 aliphatic rings. The molecule has 32 heavy (non-hydrogen) atoms. The average molecular weight is 468 g/mol. The number of benzene rings is 1. The van der Waals surface area contributed by atoms with Crippen molar-refractivity contribution in [1.82, 2.24) is 5.32 Å². The molecule has 1 aromatic carbocycles. The van der Waals surface area contributed by atoms with Crippen LogP contribution in [0.4, 0.5) is 4.79 Å². The molecule has 1 heterocycles. The summed E-state index contributed by atoms with van der Waals surface area (Å²) in [5, 5.41) is 2.63. The van der Waals surface area contributed by atoms with Crippen LogP contribution in [0, 0.1) is 5.92 Å². The SMILES string of the molecule is COC(=O)[C@H](CCCC1OCCO1)CCC(=O)[C@H](CCS)NC(=O)OCc1ccccc1. The number of hydrogen-bond acceptors (Lipinski definition) is 8. The minimum absolute atomic E-state index is 0.118. The molecule has 1 aliphatic heterocycles. The van der Waals surface area contributed by atoms with Crippen LogP contribution in [0.1, 0.15) is 44.1 Å². The maximum absolute atomic E-state index is 12.7. The number of nitrogens with one attached hydrogen (secondary N) is 1. The highest BCUT2D eigenvalue weighted by molar-refractivity contribution is 7.80. The molecule has 0 spiro atoms. The van der Waals surface area contributed by atoms with Crippen molar-refractivity contribution in [3.63, 3.8) is 0 Å². The van der Waals surface area contributed by atoms with E-state index in [4.69, 9.17) is 18.9 Å². The molecule has 0 radical (unpaired) electrons. The lowest BCUT2D eigenvalue weighted by atomic mass is 9.93. The molecule has 2 rings (SSSR count). The first-order valence-corrected chi connectivity index (χ1v) is 11.6. The highest BCUT2D eigenvalue weighted by Crippen LogP contribution is 2.20. The van der Waals surface area contributed by atoms with Gasteiger partial charge in [-0.05, 0) is 43.4 Å². The summed E-state index contributed by atoms with van der Waals surface area (Å²) >= 11 is 4.19. The Balaban J connectivity index is 1.79. The summed E-state index contributed by atoms with van der Waals surface area (Å²) in [6.45, 7) is 1.30. The maximum atomic E-state index is 12.7. The Morgan fingerprint density at radius 3 is 2.50 bits per heavy atom. The zero-order valence-electron chi connectivity index (χ0n) is 18.5. The maximum Gasteiger partial charge on any atom is 0.408 e. The van der Waals surface area contributed by atoms with E-state index in [0.717, 1.165) is 12.0 Å². The van der Waals surface area contributed by atoms with Crippen molar-refractivity contribution in [3.05, 3.63) is 35.9 Å². The van der Waals surface area contributed by atoms with Crippen LogP contribution in [0.5, 0.6) is 0 Å². The molecule has 1 aromatic rings. The first-order valence-electron chi connectivity index (χ1n) is 10.9. The summed E-state index contributed by atoms with van der Waals surface area (Å²) in [4.78, 5) is 37.0. The molecule has 9 heteroatoms. The number of amides is 1. The number of hydrogen-bond donors (Lipinski definition) is 2. The van der Waals surface area contributed by atoms with E-state index in [1.165, 1.54) is 7.11 Å². The molecule has 1 saturated heterocycles. The van der Waals surface area contributed by atoms with Crippen LogP contribution >= 0.6 is 12.6 Å². The zero-order chi connectivity index (χ0) is 23.2. The Morgan fingerprint density at radius 1 is 1.12 bits per heavy atom. The summed E-state index contributed by atoms with van der Waals surface area (Å²) in [5.41, 5.74) is 0.856. The van der Waals surface area contributed by atoms with Crippen molar-refractivity contribution in [1.29, 1.82) is 0 Å². The minimum atomic E-state index is -0.714. The van der Waals surface area contributed by atoms with Gasteiger partial charge in [0, 0.05) is 6.42 Å². The highest BCUT2D eigenvalue weighted by Gasteiger charge is 2.25. The van der Waals surface area contributed by atoms with Gasteiger partial charge in [0.2, 0.25) is 0 Å². The monoisotopic (exact) mass is 467 g/mol. The van der Waals surface area contributed by atoms with E-state index in [0.29, 0.717) is 44.6 Å². The van der Waals surface area contributed by atoms with E-state index in [-0.39, 0.29) is 31.1 Å². The number of Topliss-reactive ketones (excluding diaryl/α,β-unsaturated/α-hetero) is 1. The first-order chi connectivity index (χ1) is 15.5. The van der Waals surface area contributed by atoms with E-state index < -0.39 is 18.1 Å². The van der Waals surface area contributed by atoms with E-state index >= 15 is 0 Å². The van der Waals surface area contributed by atoms with Gasteiger partial charge in [-0.15, -0.1) is 0 Å². The molecule has 1 amide bonds. The molecule has 0 bridgehead atoms. The van der Waals surface area contributed by atoms with Gasteiger partial charge in [-0.25, -0.2) is 4.79 Å². The van der Waals surface area contributed by atoms with E-state index in [1.54, 1.807) is 0 Å². The fourth-order valence-electron chi connectivity index (χ4n) is 3.49. The third-order valence-electron chi connectivity index (χ3n) is 5.27. The Bertz CT molecular complexity index is 710. The molecule has 0 aromatic heterocycles. The first kappa shape index (κ1) is 26.2. The standard InChI is InChI=1S/C23H33NO7S/c1-28-22(26)18(8-5-9-21-29-13-14-30-21)10-11-20(25)19(12-15-32)24-23(27)31-16-17-6-3-2-4-7-17/h2-4,6-7,18-19,21,32H,5,8-16H2,1H3,(H,24,27)/t18-,19+/m1/s1. The molecule has 178 valence electrons. The third-order valence-corrected chi connectivity index (χ3v) is 5.53. The normalized spacial score (nSPS) is 15.7. The van der Waals surface area contributed by atoms with Gasteiger partial charge in [0.15, 0.2) is 12.1 Å². The second-order valence-corrected chi connectivity index (χ2v) is 8.05. The molecule has 1 N–H and O–H groups in total. The largest absolute Gasteiger partial charge is 0.469 e. The van der Waals surface area contributed by atoms with Crippen molar-refractivity contribution >= 4 is 30.5 Å². The quantitative estimate of drug-likeness (QED) is 0.320. The number of rotatable bonds is 14. The van der Waals surface area contributed by atoms with Gasteiger partial charge in [-0.1, -0.05) is 30.3 Å². The number of ketones is 1. The van der Waals surface area contributed by atoms with Crippen molar-refractivity contribution in [2.75, 3.05) is 26.1 Å². The van der Waals surface area contributed by atoms with E-state index in [2.05, 4.69) is 17.9 Å². The summed E-state index contributed by atoms with van der Waals surface area (Å²) in [5.74, 6) is -0.469. The molecule has 0 unspecified atom stereocenters. The second-order valence-electron chi connectivity index (χ2n) is 7.60. The second kappa shape index (κ2) is 14.9. The fraction of sp³-hybridized carbons (Fsp3) is 0.609. The molecule has 0 saturated carbocycles. The Morgan fingerprint density at radius 2 is 1.84 bits per heavy atom. The summed E-state index contributed by atoms with van der Waals surface area (Å²) in [6.07, 6.45) is 1.99. The van der Waals surface area contributed by atoms with E-state index in [9.17, 15) is 14.4 Å². The van der Waals surface area contributed by atoms with E-state index in [1.807, 2.05) is 30.3 Å². The predicted molar refractivity (Wildman–Crippen MR) is 121 cm³/mol. The third kappa shape index (κ3) is 9.58. The lowest BCUT2D eigenvalue weighted by molar-refractivity contribution is -0.146. The lowest BCUT2D eigenvalue weighted by Gasteiger charge is -2.19.